The number of aliphatic imine (C=N–C) groups is 1. The predicted octanol–water partition coefficient (Wildman–Crippen LogP) is 4.08. The van der Waals surface area contributed by atoms with Crippen molar-refractivity contribution in [2.24, 2.45) is 10.7 Å². The molecule has 1 fully saturated rings. The molecule has 1 heterocycles. The van der Waals surface area contributed by atoms with Crippen LogP contribution in [0, 0.1) is 0 Å². The number of para-hydroxylation sites is 1. The number of ether oxygens (including phenoxy) is 1. The number of alkyl halides is 3. The number of esters is 1. The maximum Gasteiger partial charge on any atom is 0.416 e. The van der Waals surface area contributed by atoms with E-state index in [1.807, 2.05) is 0 Å². The lowest BCUT2D eigenvalue weighted by Crippen LogP contribution is -2.57. The van der Waals surface area contributed by atoms with Gasteiger partial charge in [0.25, 0.3) is 5.91 Å². The van der Waals surface area contributed by atoms with Gasteiger partial charge in [-0.05, 0) is 48.0 Å². The first-order valence-corrected chi connectivity index (χ1v) is 11.7. The van der Waals surface area contributed by atoms with Crippen molar-refractivity contribution in [1.29, 1.82) is 0 Å². The Balaban J connectivity index is 1.78. The van der Waals surface area contributed by atoms with Crippen LogP contribution in [0.5, 0.6) is 0 Å². The van der Waals surface area contributed by atoms with Gasteiger partial charge in [-0.3, -0.25) is 9.59 Å². The fourth-order valence-corrected chi connectivity index (χ4v) is 4.21. The van der Waals surface area contributed by atoms with Gasteiger partial charge in [0.2, 0.25) is 5.91 Å². The second-order valence-electron chi connectivity index (χ2n) is 8.53. The summed E-state index contributed by atoms with van der Waals surface area (Å²) in [5.74, 6) is -3.05. The molecule has 39 heavy (non-hydrogen) atoms. The highest BCUT2D eigenvalue weighted by Gasteiger charge is 2.41. The lowest BCUT2D eigenvalue weighted by molar-refractivity contribution is -0.137. The van der Waals surface area contributed by atoms with Crippen LogP contribution in [0.2, 0.25) is 0 Å². The first-order valence-electron chi connectivity index (χ1n) is 11.7. The lowest BCUT2D eigenvalue weighted by atomic mass is 9.80. The van der Waals surface area contributed by atoms with Crippen LogP contribution in [0.3, 0.4) is 0 Å². The number of halogens is 3. The summed E-state index contributed by atoms with van der Waals surface area (Å²) >= 11 is 0. The van der Waals surface area contributed by atoms with Crippen LogP contribution in [0.15, 0.2) is 95.6 Å². The third-order valence-electron chi connectivity index (χ3n) is 6.05. The number of amidine groups is 1. The molecule has 1 aliphatic heterocycles. The topological polar surface area (TPSA) is 123 Å². The highest BCUT2D eigenvalue weighted by atomic mass is 19.4. The van der Waals surface area contributed by atoms with Gasteiger partial charge in [-0.15, -0.1) is 0 Å². The summed E-state index contributed by atoms with van der Waals surface area (Å²) in [4.78, 5) is 43.1. The Morgan fingerprint density at radius 1 is 1.00 bits per heavy atom. The summed E-state index contributed by atoms with van der Waals surface area (Å²) in [6.07, 6.45) is -3.44. The number of hydrogen-bond donors (Lipinski definition) is 3. The molecule has 0 spiro atoms. The maximum atomic E-state index is 13.4. The Morgan fingerprint density at radius 3 is 2.36 bits per heavy atom. The van der Waals surface area contributed by atoms with Crippen LogP contribution in [-0.2, 0) is 15.7 Å². The summed E-state index contributed by atoms with van der Waals surface area (Å²) in [6, 6.07) is 17.5. The van der Waals surface area contributed by atoms with Crippen LogP contribution in [-0.4, -0.2) is 36.8 Å². The van der Waals surface area contributed by atoms with Crippen molar-refractivity contribution in [1.82, 2.24) is 10.6 Å². The van der Waals surface area contributed by atoms with Gasteiger partial charge in [-0.2, -0.15) is 13.2 Å². The fraction of sp³-hybridized carbons (Fsp3) is 0.143. The second kappa shape index (κ2) is 11.2. The van der Waals surface area contributed by atoms with Gasteiger partial charge in [0.05, 0.1) is 23.9 Å². The largest absolute Gasteiger partial charge is 0.465 e. The average molecular weight is 537 g/mol. The average Bonchev–Trinajstić information content (AvgIpc) is 2.94. The van der Waals surface area contributed by atoms with Gasteiger partial charge in [0, 0.05) is 23.3 Å². The number of nitrogens with zero attached hydrogens (tertiary/aromatic N) is 1. The zero-order chi connectivity index (χ0) is 28.2. The molecular formula is C28H23F3N4O4. The normalized spacial score (nSPS) is 19.4. The van der Waals surface area contributed by atoms with Crippen molar-refractivity contribution in [2.75, 3.05) is 7.11 Å². The summed E-state index contributed by atoms with van der Waals surface area (Å²) < 4.78 is 44.5. The molecule has 3 aromatic carbocycles. The molecule has 0 saturated carbocycles. The van der Waals surface area contributed by atoms with E-state index in [2.05, 4.69) is 15.6 Å². The van der Waals surface area contributed by atoms with Crippen molar-refractivity contribution < 1.29 is 32.3 Å². The molecule has 1 saturated heterocycles. The highest BCUT2D eigenvalue weighted by molar-refractivity contribution is 6.15. The molecule has 0 radical (unpaired) electrons. The van der Waals surface area contributed by atoms with Gasteiger partial charge in [0.1, 0.15) is 11.9 Å². The molecule has 4 rings (SSSR count). The first-order chi connectivity index (χ1) is 18.6. The molecule has 3 aromatic rings. The van der Waals surface area contributed by atoms with Crippen molar-refractivity contribution >= 4 is 29.3 Å². The monoisotopic (exact) mass is 536 g/mol. The van der Waals surface area contributed by atoms with Crippen LogP contribution in [0.25, 0.3) is 0 Å². The maximum absolute atomic E-state index is 13.4. The highest BCUT2D eigenvalue weighted by Crippen LogP contribution is 2.34. The molecule has 2 amide bonds. The van der Waals surface area contributed by atoms with E-state index < -0.39 is 41.5 Å². The van der Waals surface area contributed by atoms with E-state index in [4.69, 9.17) is 10.5 Å². The Morgan fingerprint density at radius 2 is 1.69 bits per heavy atom. The number of benzene rings is 3. The molecule has 11 heteroatoms. The van der Waals surface area contributed by atoms with E-state index in [1.54, 1.807) is 42.5 Å². The molecular weight excluding hydrogens is 513 g/mol. The Hall–Kier alpha value is -4.93. The van der Waals surface area contributed by atoms with Gasteiger partial charge in [-0.1, -0.05) is 36.4 Å². The van der Waals surface area contributed by atoms with Crippen LogP contribution < -0.4 is 16.4 Å². The number of carbonyl (C=O) groups is 3. The van der Waals surface area contributed by atoms with Gasteiger partial charge in [-0.25, -0.2) is 9.79 Å². The zero-order valence-corrected chi connectivity index (χ0v) is 20.5. The number of rotatable bonds is 5. The van der Waals surface area contributed by atoms with Crippen LogP contribution in [0.1, 0.15) is 37.8 Å². The first kappa shape index (κ1) is 27.1. The molecule has 8 nitrogen and oxygen atoms in total. The Labute approximate surface area is 221 Å². The molecule has 0 aromatic heterocycles. The number of hydrogen-bond acceptors (Lipinski definition) is 6. The molecule has 0 bridgehead atoms. The van der Waals surface area contributed by atoms with E-state index >= 15 is 0 Å². The molecule has 1 unspecified atom stereocenters. The molecule has 200 valence electrons. The van der Waals surface area contributed by atoms with E-state index in [9.17, 15) is 27.6 Å². The van der Waals surface area contributed by atoms with Crippen LogP contribution in [0.4, 0.5) is 18.9 Å². The van der Waals surface area contributed by atoms with Gasteiger partial charge >= 0.3 is 12.1 Å². The van der Waals surface area contributed by atoms with E-state index in [1.165, 1.54) is 31.5 Å². The summed E-state index contributed by atoms with van der Waals surface area (Å²) in [6.45, 7) is 0. The number of nitrogens with one attached hydrogen (secondary N) is 2. The minimum Gasteiger partial charge on any atom is -0.465 e. The van der Waals surface area contributed by atoms with Crippen molar-refractivity contribution in [3.05, 3.63) is 113 Å². The molecule has 2 atom stereocenters. The number of nitrogens with two attached hydrogens (primary N) is 1. The minimum absolute atomic E-state index is 0.117. The van der Waals surface area contributed by atoms with Crippen molar-refractivity contribution in [3.63, 3.8) is 0 Å². The van der Waals surface area contributed by atoms with Gasteiger partial charge < -0.3 is 21.1 Å². The predicted molar refractivity (Wildman–Crippen MR) is 137 cm³/mol. The SMILES string of the molecule is COC(=O)c1cccc([C@@H]2/C(=C/N)C(=Nc3ccccc3)NC(=O)C2NC(=O)c2cccc(C(F)(F)F)c2)c1. The quantitative estimate of drug-likeness (QED) is 0.424. The third-order valence-corrected chi connectivity index (χ3v) is 6.05. The smallest absolute Gasteiger partial charge is 0.416 e. The number of amides is 2. The van der Waals surface area contributed by atoms with E-state index in [0.717, 1.165) is 12.1 Å². The van der Waals surface area contributed by atoms with Crippen molar-refractivity contribution in [3.8, 4) is 0 Å². The second-order valence-corrected chi connectivity index (χ2v) is 8.53. The lowest BCUT2D eigenvalue weighted by Gasteiger charge is -2.35. The number of piperidine rings is 1. The zero-order valence-electron chi connectivity index (χ0n) is 20.5. The Bertz CT molecular complexity index is 1470. The van der Waals surface area contributed by atoms with Gasteiger partial charge in [0.15, 0.2) is 0 Å². The Kier molecular flexibility index (Phi) is 7.80. The standard InChI is InChI=1S/C28H23F3N4O4/c1-39-27(38)18-9-5-7-16(13-18)22-21(15-32)24(33-20-11-3-2-4-12-20)35-26(37)23(22)34-25(36)17-8-6-10-19(14-17)28(29,30)31/h2-15,22-23H,32H2,1H3,(H,34,36)(H,33,35,37)/b21-15-/t22-,23?/m1/s1. The number of carbonyl (C=O) groups excluding carboxylic acids is 3. The summed E-state index contributed by atoms with van der Waals surface area (Å²) in [5.41, 5.74) is 6.12. The molecule has 1 aliphatic rings. The number of methoxy groups -OCH3 is 1. The van der Waals surface area contributed by atoms with E-state index in [0.29, 0.717) is 22.9 Å². The third kappa shape index (κ3) is 5.98. The van der Waals surface area contributed by atoms with Crippen molar-refractivity contribution in [2.45, 2.75) is 18.1 Å². The molecule has 4 N–H and O–H groups in total. The minimum atomic E-state index is -4.66. The molecule has 0 aliphatic carbocycles. The van der Waals surface area contributed by atoms with E-state index in [-0.39, 0.29) is 17.0 Å². The van der Waals surface area contributed by atoms with Crippen LogP contribution >= 0.6 is 0 Å². The summed E-state index contributed by atoms with van der Waals surface area (Å²) in [5, 5.41) is 5.17. The summed E-state index contributed by atoms with van der Waals surface area (Å²) in [7, 11) is 1.22. The fourth-order valence-electron chi connectivity index (χ4n) is 4.21.